The maximum Gasteiger partial charge on any atom is 0.238 e. The maximum absolute atomic E-state index is 11.3. The SMILES string of the molecule is C=C(Cl)CN(C)C(C)c1cccc(S(N)(=O)=O)c1. The molecule has 1 rings (SSSR count). The molecular weight excluding hydrogens is 272 g/mol. The lowest BCUT2D eigenvalue weighted by Gasteiger charge is -2.24. The Kier molecular flexibility index (Phi) is 4.92. The summed E-state index contributed by atoms with van der Waals surface area (Å²) in [5, 5.41) is 5.64. The predicted molar refractivity (Wildman–Crippen MR) is 73.9 cm³/mol. The number of nitrogens with zero attached hydrogens (tertiary/aromatic N) is 1. The maximum atomic E-state index is 11.3. The van der Waals surface area contributed by atoms with E-state index in [0.29, 0.717) is 11.6 Å². The summed E-state index contributed by atoms with van der Waals surface area (Å²) in [6.07, 6.45) is 0. The van der Waals surface area contributed by atoms with Crippen molar-refractivity contribution in [2.24, 2.45) is 5.14 Å². The van der Waals surface area contributed by atoms with Gasteiger partial charge in [-0.3, -0.25) is 4.90 Å². The molecule has 0 saturated carbocycles. The van der Waals surface area contributed by atoms with Crippen LogP contribution < -0.4 is 5.14 Å². The lowest BCUT2D eigenvalue weighted by molar-refractivity contribution is 0.287. The van der Waals surface area contributed by atoms with Crippen molar-refractivity contribution in [3.8, 4) is 0 Å². The fourth-order valence-electron chi connectivity index (χ4n) is 1.61. The molecule has 0 fully saturated rings. The van der Waals surface area contributed by atoms with E-state index in [9.17, 15) is 8.42 Å². The fourth-order valence-corrected chi connectivity index (χ4v) is 2.37. The highest BCUT2D eigenvalue weighted by Crippen LogP contribution is 2.22. The molecular formula is C12H17ClN2O2S. The zero-order valence-corrected chi connectivity index (χ0v) is 12.0. The minimum absolute atomic E-state index is 0.0159. The molecule has 0 amide bonds. The van der Waals surface area contributed by atoms with Crippen molar-refractivity contribution in [3.63, 3.8) is 0 Å². The highest BCUT2D eigenvalue weighted by Gasteiger charge is 2.15. The van der Waals surface area contributed by atoms with Crippen molar-refractivity contribution in [1.82, 2.24) is 4.90 Å². The van der Waals surface area contributed by atoms with Gasteiger partial charge >= 0.3 is 0 Å². The van der Waals surface area contributed by atoms with E-state index in [0.717, 1.165) is 5.56 Å². The Labute approximate surface area is 113 Å². The van der Waals surface area contributed by atoms with Gasteiger partial charge in [0, 0.05) is 17.6 Å². The summed E-state index contributed by atoms with van der Waals surface area (Å²) in [6.45, 7) is 6.13. The van der Waals surface area contributed by atoms with Gasteiger partial charge in [0.2, 0.25) is 10.0 Å². The molecule has 0 radical (unpaired) electrons. The van der Waals surface area contributed by atoms with Gasteiger partial charge in [-0.25, -0.2) is 13.6 Å². The van der Waals surface area contributed by atoms with Gasteiger partial charge in [-0.15, -0.1) is 0 Å². The van der Waals surface area contributed by atoms with Crippen LogP contribution in [0.4, 0.5) is 0 Å². The molecule has 0 bridgehead atoms. The summed E-state index contributed by atoms with van der Waals surface area (Å²) in [5.41, 5.74) is 0.863. The zero-order chi connectivity index (χ0) is 13.9. The summed E-state index contributed by atoms with van der Waals surface area (Å²) >= 11 is 5.76. The van der Waals surface area contributed by atoms with Crippen molar-refractivity contribution in [1.29, 1.82) is 0 Å². The molecule has 18 heavy (non-hydrogen) atoms. The topological polar surface area (TPSA) is 63.4 Å². The fraction of sp³-hybridized carbons (Fsp3) is 0.333. The first kappa shape index (κ1) is 15.2. The van der Waals surface area contributed by atoms with Crippen molar-refractivity contribution in [2.75, 3.05) is 13.6 Å². The quantitative estimate of drug-likeness (QED) is 0.902. The van der Waals surface area contributed by atoms with E-state index in [1.807, 2.05) is 24.9 Å². The van der Waals surface area contributed by atoms with Crippen molar-refractivity contribution in [2.45, 2.75) is 17.9 Å². The Morgan fingerprint density at radius 2 is 2.17 bits per heavy atom. The summed E-state index contributed by atoms with van der Waals surface area (Å²) in [7, 11) is -1.78. The summed E-state index contributed by atoms with van der Waals surface area (Å²) in [5.74, 6) is 0. The molecule has 0 aromatic heterocycles. The van der Waals surface area contributed by atoms with E-state index in [1.54, 1.807) is 12.1 Å². The molecule has 6 heteroatoms. The minimum atomic E-state index is -3.67. The Morgan fingerprint density at radius 3 is 2.67 bits per heavy atom. The minimum Gasteiger partial charge on any atom is -0.295 e. The highest BCUT2D eigenvalue weighted by atomic mass is 35.5. The van der Waals surface area contributed by atoms with Gasteiger partial charge in [0.05, 0.1) is 4.90 Å². The van der Waals surface area contributed by atoms with E-state index in [2.05, 4.69) is 6.58 Å². The number of sulfonamides is 1. The molecule has 1 unspecified atom stereocenters. The highest BCUT2D eigenvalue weighted by molar-refractivity contribution is 7.89. The molecule has 0 aliphatic carbocycles. The first-order valence-electron chi connectivity index (χ1n) is 5.38. The normalized spacial score (nSPS) is 13.6. The first-order chi connectivity index (χ1) is 8.21. The molecule has 1 aromatic rings. The van der Waals surface area contributed by atoms with E-state index in [1.165, 1.54) is 6.07 Å². The Morgan fingerprint density at radius 1 is 1.56 bits per heavy atom. The second kappa shape index (κ2) is 5.84. The van der Waals surface area contributed by atoms with Crippen LogP contribution in [0.5, 0.6) is 0 Å². The van der Waals surface area contributed by atoms with Gasteiger partial charge in [0.15, 0.2) is 0 Å². The number of nitrogens with two attached hydrogens (primary N) is 1. The van der Waals surface area contributed by atoms with Gasteiger partial charge in [-0.1, -0.05) is 30.3 Å². The molecule has 0 aliphatic heterocycles. The number of benzene rings is 1. The first-order valence-corrected chi connectivity index (χ1v) is 7.30. The van der Waals surface area contributed by atoms with Crippen LogP contribution >= 0.6 is 11.6 Å². The summed E-state index contributed by atoms with van der Waals surface area (Å²) < 4.78 is 22.6. The molecule has 1 aromatic carbocycles. The van der Waals surface area contributed by atoms with E-state index in [-0.39, 0.29) is 10.9 Å². The Balaban J connectivity index is 3.00. The van der Waals surface area contributed by atoms with Crippen LogP contribution in [0.25, 0.3) is 0 Å². The van der Waals surface area contributed by atoms with E-state index >= 15 is 0 Å². The standard InChI is InChI=1S/C12H17ClN2O2S/c1-9(13)8-15(3)10(2)11-5-4-6-12(7-11)18(14,16)17/h4-7,10H,1,8H2,2-3H3,(H2,14,16,17). The van der Waals surface area contributed by atoms with Gasteiger partial charge < -0.3 is 0 Å². The van der Waals surface area contributed by atoms with Gasteiger partial charge in [0.1, 0.15) is 0 Å². The molecule has 2 N–H and O–H groups in total. The van der Waals surface area contributed by atoms with E-state index < -0.39 is 10.0 Å². The van der Waals surface area contributed by atoms with Crippen LogP contribution in [0.1, 0.15) is 18.5 Å². The molecule has 0 saturated heterocycles. The third-order valence-electron chi connectivity index (χ3n) is 2.75. The summed E-state index contributed by atoms with van der Waals surface area (Å²) in [4.78, 5) is 2.09. The number of likely N-dealkylation sites (N-methyl/N-ethyl adjacent to an activating group) is 1. The molecule has 100 valence electrons. The number of halogens is 1. The average molecular weight is 289 g/mol. The lowest BCUT2D eigenvalue weighted by Crippen LogP contribution is -2.24. The zero-order valence-electron chi connectivity index (χ0n) is 10.4. The number of rotatable bonds is 5. The lowest BCUT2D eigenvalue weighted by atomic mass is 10.1. The van der Waals surface area contributed by atoms with Crippen LogP contribution in [0.15, 0.2) is 40.8 Å². The van der Waals surface area contributed by atoms with Crippen LogP contribution in [0.3, 0.4) is 0 Å². The molecule has 0 spiro atoms. The third kappa shape index (κ3) is 4.10. The van der Waals surface area contributed by atoms with Gasteiger partial charge in [-0.2, -0.15) is 0 Å². The van der Waals surface area contributed by atoms with Gasteiger partial charge in [0.25, 0.3) is 0 Å². The largest absolute Gasteiger partial charge is 0.295 e. The van der Waals surface area contributed by atoms with Crippen molar-refractivity contribution >= 4 is 21.6 Å². The second-order valence-corrected chi connectivity index (χ2v) is 6.32. The van der Waals surface area contributed by atoms with Gasteiger partial charge in [-0.05, 0) is 31.7 Å². The third-order valence-corrected chi connectivity index (χ3v) is 3.78. The molecule has 1 atom stereocenters. The summed E-state index contributed by atoms with van der Waals surface area (Å²) in [6, 6.07) is 6.60. The number of hydrogen-bond donors (Lipinski definition) is 1. The van der Waals surface area contributed by atoms with Crippen LogP contribution in [-0.4, -0.2) is 26.9 Å². The second-order valence-electron chi connectivity index (χ2n) is 4.23. The van der Waals surface area contributed by atoms with Crippen LogP contribution in [-0.2, 0) is 10.0 Å². The average Bonchev–Trinajstić information content (AvgIpc) is 2.26. The number of hydrogen-bond acceptors (Lipinski definition) is 3. The van der Waals surface area contributed by atoms with Crippen molar-refractivity contribution in [3.05, 3.63) is 41.4 Å². The Bertz CT molecular complexity index is 543. The predicted octanol–water partition coefficient (Wildman–Crippen LogP) is 2.08. The molecule has 0 aliphatic rings. The van der Waals surface area contributed by atoms with E-state index in [4.69, 9.17) is 16.7 Å². The monoisotopic (exact) mass is 288 g/mol. The van der Waals surface area contributed by atoms with Crippen molar-refractivity contribution < 1.29 is 8.42 Å². The van der Waals surface area contributed by atoms with Crippen LogP contribution in [0.2, 0.25) is 0 Å². The molecule has 0 heterocycles. The van der Waals surface area contributed by atoms with Crippen LogP contribution in [0, 0.1) is 0 Å². The smallest absolute Gasteiger partial charge is 0.238 e. The Hall–Kier alpha value is -0.880. The molecule has 4 nitrogen and oxygen atoms in total. The number of primary sulfonamides is 1.